The largest absolute Gasteiger partial charge is 2.00 e. The third-order valence-electron chi connectivity index (χ3n) is 3.96. The van der Waals surface area contributed by atoms with E-state index < -0.39 is 16.5 Å². The fraction of sp³-hybridized carbons (Fsp3) is 1.00. The minimum atomic E-state index is -2.96. The van der Waals surface area contributed by atoms with Crippen molar-refractivity contribution in [3.05, 3.63) is 0 Å². The minimum absolute atomic E-state index is 0. The molecule has 9 heteroatoms. The molecule has 0 amide bonds. The first-order chi connectivity index (χ1) is 11.4. The summed E-state index contributed by atoms with van der Waals surface area (Å²) in [5.74, 6) is 0.820. The van der Waals surface area contributed by atoms with Gasteiger partial charge in [0.1, 0.15) is 16.5 Å². The standard InChI is InChI=1S/2C8H19O3P.Co/c2*1-3-5-6-8(4-2)7-11-12(9)10;/h2*8,12H,3-7H2,1-2H3,(H,9,10);/q;;+2/p-2. The van der Waals surface area contributed by atoms with E-state index in [1.54, 1.807) is 0 Å². The van der Waals surface area contributed by atoms with E-state index in [1.165, 1.54) is 0 Å². The average Bonchev–Trinajstić information content (AvgIpc) is 2.55. The SMILES string of the molecule is CCCCC(CC)CO[PH](=O)[O-].CCCCC(CC)CO[PH](=O)[O-].[Co+2]. The van der Waals surface area contributed by atoms with Gasteiger partial charge in [0, 0.05) is 0 Å². The quantitative estimate of drug-likeness (QED) is 0.376. The Kier molecular flexibility index (Phi) is 27.9. The predicted octanol–water partition coefficient (Wildman–Crippen LogP) is 3.94. The van der Waals surface area contributed by atoms with Crippen molar-refractivity contribution >= 4 is 16.5 Å². The van der Waals surface area contributed by atoms with Crippen LogP contribution >= 0.6 is 16.5 Å². The summed E-state index contributed by atoms with van der Waals surface area (Å²) in [6.07, 6.45) is 8.75. The van der Waals surface area contributed by atoms with Gasteiger partial charge in [0.15, 0.2) is 0 Å². The molecule has 0 heterocycles. The minimum Gasteiger partial charge on any atom is -0.781 e. The molecular weight excluding hydrogens is 409 g/mol. The van der Waals surface area contributed by atoms with E-state index in [2.05, 4.69) is 36.7 Å². The van der Waals surface area contributed by atoms with Crippen molar-refractivity contribution in [2.24, 2.45) is 11.8 Å². The van der Waals surface area contributed by atoms with E-state index in [4.69, 9.17) is 0 Å². The smallest absolute Gasteiger partial charge is 0.781 e. The molecule has 0 rings (SSSR count). The van der Waals surface area contributed by atoms with E-state index in [-0.39, 0.29) is 16.8 Å². The van der Waals surface area contributed by atoms with E-state index in [0.29, 0.717) is 25.0 Å². The van der Waals surface area contributed by atoms with Gasteiger partial charge >= 0.3 is 16.8 Å². The van der Waals surface area contributed by atoms with Crippen molar-refractivity contribution in [3.63, 3.8) is 0 Å². The topological polar surface area (TPSA) is 98.7 Å². The molecule has 155 valence electrons. The number of hydrogen-bond acceptors (Lipinski definition) is 6. The van der Waals surface area contributed by atoms with E-state index in [0.717, 1.165) is 51.4 Å². The normalized spacial score (nSPS) is 15.3. The molecular formula is C16H36CoO6P2. The van der Waals surface area contributed by atoms with Crippen LogP contribution in [0.25, 0.3) is 0 Å². The molecule has 0 N–H and O–H groups in total. The fourth-order valence-corrected chi connectivity index (χ4v) is 2.91. The zero-order valence-corrected chi connectivity index (χ0v) is 19.0. The van der Waals surface area contributed by atoms with Gasteiger partial charge in [-0.3, -0.25) is 0 Å². The van der Waals surface area contributed by atoms with E-state index in [9.17, 15) is 18.9 Å². The Bertz CT molecular complexity index is 291. The van der Waals surface area contributed by atoms with E-state index in [1.807, 2.05) is 0 Å². The molecule has 0 bridgehead atoms. The maximum atomic E-state index is 10.1. The van der Waals surface area contributed by atoms with Crippen LogP contribution in [-0.2, 0) is 35.0 Å². The molecule has 4 atom stereocenters. The van der Waals surface area contributed by atoms with Crippen molar-refractivity contribution in [2.75, 3.05) is 13.2 Å². The van der Waals surface area contributed by atoms with Crippen LogP contribution in [0.4, 0.5) is 0 Å². The van der Waals surface area contributed by atoms with Gasteiger partial charge in [-0.15, -0.1) is 0 Å². The molecule has 6 nitrogen and oxygen atoms in total. The summed E-state index contributed by atoms with van der Waals surface area (Å²) in [5, 5.41) is 0. The molecule has 0 saturated heterocycles. The van der Waals surface area contributed by atoms with Crippen LogP contribution < -0.4 is 9.79 Å². The van der Waals surface area contributed by atoms with Gasteiger partial charge in [-0.25, -0.2) is 0 Å². The van der Waals surface area contributed by atoms with Gasteiger partial charge in [0.25, 0.3) is 0 Å². The first-order valence-electron chi connectivity index (χ1n) is 9.08. The van der Waals surface area contributed by atoms with Gasteiger partial charge in [-0.05, 0) is 24.7 Å². The zero-order valence-electron chi connectivity index (χ0n) is 16.0. The molecule has 0 saturated carbocycles. The first-order valence-corrected chi connectivity index (χ1v) is 11.5. The van der Waals surface area contributed by atoms with Crippen LogP contribution in [-0.4, -0.2) is 13.2 Å². The summed E-state index contributed by atoms with van der Waals surface area (Å²) in [4.78, 5) is 20.3. The molecule has 0 fully saturated rings. The van der Waals surface area contributed by atoms with Gasteiger partial charge < -0.3 is 28.0 Å². The molecule has 0 aliphatic carbocycles. The second-order valence-electron chi connectivity index (χ2n) is 5.96. The Hall–Kier alpha value is 0.806. The molecule has 1 radical (unpaired) electrons. The molecule has 0 spiro atoms. The second kappa shape index (κ2) is 22.8. The summed E-state index contributed by atoms with van der Waals surface area (Å²) in [6.45, 7) is 9.13. The summed E-state index contributed by atoms with van der Waals surface area (Å²) in [6, 6.07) is 0. The molecule has 0 aliphatic heterocycles. The summed E-state index contributed by atoms with van der Waals surface area (Å²) in [7, 11) is -5.93. The maximum Gasteiger partial charge on any atom is 2.00 e. The Morgan fingerprint density at radius 3 is 1.28 bits per heavy atom. The third-order valence-corrected chi connectivity index (χ3v) is 4.77. The van der Waals surface area contributed by atoms with Crippen molar-refractivity contribution in [2.45, 2.75) is 79.1 Å². The van der Waals surface area contributed by atoms with E-state index >= 15 is 0 Å². The summed E-state index contributed by atoms with van der Waals surface area (Å²) >= 11 is 0. The van der Waals surface area contributed by atoms with Crippen molar-refractivity contribution in [1.29, 1.82) is 0 Å². The van der Waals surface area contributed by atoms with Crippen LogP contribution in [0.2, 0.25) is 0 Å². The Balaban J connectivity index is -0.000000372. The van der Waals surface area contributed by atoms with Gasteiger partial charge in [-0.2, -0.15) is 0 Å². The zero-order chi connectivity index (χ0) is 18.8. The molecule has 0 aromatic carbocycles. The number of rotatable bonds is 14. The summed E-state index contributed by atoms with van der Waals surface area (Å²) < 4.78 is 29.5. The van der Waals surface area contributed by atoms with Crippen molar-refractivity contribution in [3.8, 4) is 0 Å². The Labute approximate surface area is 165 Å². The third kappa shape index (κ3) is 24.8. The molecule has 0 aromatic rings. The molecule has 4 unspecified atom stereocenters. The fourth-order valence-electron chi connectivity index (χ4n) is 2.17. The van der Waals surface area contributed by atoms with Gasteiger partial charge in [0.2, 0.25) is 0 Å². The number of hydrogen-bond donors (Lipinski definition) is 0. The monoisotopic (exact) mass is 445 g/mol. The van der Waals surface area contributed by atoms with Crippen LogP contribution in [0.5, 0.6) is 0 Å². The number of unbranched alkanes of at least 4 members (excludes halogenated alkanes) is 2. The van der Waals surface area contributed by atoms with Crippen LogP contribution in [0, 0.1) is 11.8 Å². The summed E-state index contributed by atoms with van der Waals surface area (Å²) in [5.41, 5.74) is 0. The Morgan fingerprint density at radius 2 is 1.08 bits per heavy atom. The van der Waals surface area contributed by atoms with Crippen LogP contribution in [0.15, 0.2) is 0 Å². The second-order valence-corrected chi connectivity index (χ2v) is 7.53. The van der Waals surface area contributed by atoms with Gasteiger partial charge in [-0.1, -0.05) is 66.2 Å². The van der Waals surface area contributed by atoms with Crippen LogP contribution in [0.3, 0.4) is 0 Å². The van der Waals surface area contributed by atoms with Crippen LogP contribution in [0.1, 0.15) is 79.1 Å². The predicted molar refractivity (Wildman–Crippen MR) is 96.5 cm³/mol. The first kappa shape index (κ1) is 30.5. The van der Waals surface area contributed by atoms with Gasteiger partial charge in [0.05, 0.1) is 13.2 Å². The van der Waals surface area contributed by atoms with Crippen molar-refractivity contribution in [1.82, 2.24) is 0 Å². The molecule has 0 aromatic heterocycles. The Morgan fingerprint density at radius 1 is 0.760 bits per heavy atom. The average molecular weight is 445 g/mol. The maximum absolute atomic E-state index is 10.1. The van der Waals surface area contributed by atoms with Crippen molar-refractivity contribution < 1.29 is 44.7 Å². The molecule has 0 aliphatic rings. The molecule has 25 heavy (non-hydrogen) atoms.